The minimum absolute atomic E-state index is 0.579. The molecule has 2 rings (SSSR count). The Morgan fingerprint density at radius 3 is 2.57 bits per heavy atom. The van der Waals surface area contributed by atoms with Crippen LogP contribution in [0.15, 0.2) is 48.5 Å². The van der Waals surface area contributed by atoms with E-state index in [4.69, 9.17) is 4.74 Å². The van der Waals surface area contributed by atoms with Crippen molar-refractivity contribution in [3.05, 3.63) is 66.2 Å². The van der Waals surface area contributed by atoms with E-state index in [1.165, 1.54) is 0 Å². The third-order valence-electron chi connectivity index (χ3n) is 1.86. The number of hydrogen-bond acceptors (Lipinski definition) is 1. The highest BCUT2D eigenvalue weighted by Gasteiger charge is 1.93. The summed E-state index contributed by atoms with van der Waals surface area (Å²) in [7, 11) is 0. The minimum Gasteiger partial charge on any atom is -0.488 e. The Morgan fingerprint density at radius 2 is 1.86 bits per heavy atom. The average Bonchev–Trinajstić information content (AvgIpc) is 2.29. The lowest BCUT2D eigenvalue weighted by Crippen LogP contribution is -1.94. The highest BCUT2D eigenvalue weighted by molar-refractivity contribution is 5.20. The van der Waals surface area contributed by atoms with Gasteiger partial charge in [0.1, 0.15) is 12.4 Å². The zero-order valence-corrected chi connectivity index (χ0v) is 7.73. The van der Waals surface area contributed by atoms with Crippen molar-refractivity contribution in [2.24, 2.45) is 0 Å². The minimum atomic E-state index is 0.579. The van der Waals surface area contributed by atoms with Crippen molar-refractivity contribution in [2.45, 2.75) is 6.61 Å². The van der Waals surface area contributed by atoms with Gasteiger partial charge in [-0.2, -0.15) is 0 Å². The first-order valence-corrected chi connectivity index (χ1v) is 4.50. The van der Waals surface area contributed by atoms with E-state index in [1.807, 2.05) is 42.5 Å². The third kappa shape index (κ3) is 2.36. The van der Waals surface area contributed by atoms with Gasteiger partial charge < -0.3 is 4.74 Å². The van der Waals surface area contributed by atoms with Gasteiger partial charge in [0.15, 0.2) is 0 Å². The first-order valence-electron chi connectivity index (χ1n) is 4.50. The van der Waals surface area contributed by atoms with Crippen molar-refractivity contribution in [1.82, 2.24) is 0 Å². The number of ether oxygens (including phenoxy) is 1. The number of hydrogen-bond donors (Lipinski definition) is 0. The monoisotopic (exact) mass is 182 g/mol. The predicted molar refractivity (Wildman–Crippen MR) is 54.9 cm³/mol. The van der Waals surface area contributed by atoms with Gasteiger partial charge in [-0.1, -0.05) is 42.5 Å². The quantitative estimate of drug-likeness (QED) is 0.709. The maximum Gasteiger partial charge on any atom is 0.128 e. The fraction of sp³-hybridized carbons (Fsp3) is 0.0769. The molecule has 0 fully saturated rings. The summed E-state index contributed by atoms with van der Waals surface area (Å²) in [5.74, 6) is 0.733. The van der Waals surface area contributed by atoms with E-state index in [9.17, 15) is 0 Å². The fourth-order valence-electron chi connectivity index (χ4n) is 1.16. The molecule has 0 N–H and O–H groups in total. The Balaban J connectivity index is 1.96. The molecule has 2 radical (unpaired) electrons. The van der Waals surface area contributed by atoms with Crippen LogP contribution in [0.25, 0.3) is 0 Å². The summed E-state index contributed by atoms with van der Waals surface area (Å²) in [6, 6.07) is 21.4. The standard InChI is InChI=1S/C13H10O/c1-3-7-12(8-4-1)11-14-13-9-5-2-6-10-13/h1-5,7-9H,11H2. The summed E-state index contributed by atoms with van der Waals surface area (Å²) < 4.78 is 5.51. The van der Waals surface area contributed by atoms with Crippen LogP contribution >= 0.6 is 0 Å². The van der Waals surface area contributed by atoms with Crippen molar-refractivity contribution >= 4 is 0 Å². The molecule has 0 amide bonds. The zero-order chi connectivity index (χ0) is 9.64. The molecule has 0 spiro atoms. The van der Waals surface area contributed by atoms with Crippen LogP contribution < -0.4 is 4.74 Å². The molecule has 0 bridgehead atoms. The van der Waals surface area contributed by atoms with Gasteiger partial charge in [-0.15, -0.1) is 0 Å². The first-order chi connectivity index (χ1) is 6.95. The second kappa shape index (κ2) is 4.47. The van der Waals surface area contributed by atoms with E-state index >= 15 is 0 Å². The highest BCUT2D eigenvalue weighted by Crippen LogP contribution is 2.09. The summed E-state index contributed by atoms with van der Waals surface area (Å²) >= 11 is 0. The van der Waals surface area contributed by atoms with E-state index < -0.39 is 0 Å². The Morgan fingerprint density at radius 1 is 1.00 bits per heavy atom. The van der Waals surface area contributed by atoms with E-state index in [0.717, 1.165) is 11.3 Å². The summed E-state index contributed by atoms with van der Waals surface area (Å²) in [5.41, 5.74) is 1.16. The molecule has 68 valence electrons. The molecule has 0 aliphatic carbocycles. The van der Waals surface area contributed by atoms with Crippen molar-refractivity contribution in [1.29, 1.82) is 0 Å². The summed E-state index contributed by atoms with van der Waals surface area (Å²) in [6.45, 7) is 0.579. The van der Waals surface area contributed by atoms with Crippen LogP contribution in [0.4, 0.5) is 0 Å². The maximum absolute atomic E-state index is 5.51. The molecule has 0 saturated heterocycles. The van der Waals surface area contributed by atoms with Crippen LogP contribution in [-0.2, 0) is 6.61 Å². The van der Waals surface area contributed by atoms with Gasteiger partial charge >= 0.3 is 0 Å². The van der Waals surface area contributed by atoms with E-state index in [-0.39, 0.29) is 0 Å². The SMILES string of the molecule is [c]1[c]c(OCc2ccccc2)ccc1. The van der Waals surface area contributed by atoms with Gasteiger partial charge in [-0.05, 0) is 17.7 Å². The molecular weight excluding hydrogens is 172 g/mol. The van der Waals surface area contributed by atoms with Crippen molar-refractivity contribution in [2.75, 3.05) is 0 Å². The molecule has 0 aromatic heterocycles. The molecule has 14 heavy (non-hydrogen) atoms. The molecule has 0 unspecified atom stereocenters. The Hall–Kier alpha value is -1.76. The Bertz CT molecular complexity index is 327. The zero-order valence-electron chi connectivity index (χ0n) is 7.73. The maximum atomic E-state index is 5.51. The van der Waals surface area contributed by atoms with Gasteiger partial charge in [0.2, 0.25) is 0 Å². The van der Waals surface area contributed by atoms with Gasteiger partial charge in [-0.25, -0.2) is 0 Å². The normalized spacial score (nSPS) is 9.71. The van der Waals surface area contributed by atoms with Gasteiger partial charge in [-0.3, -0.25) is 0 Å². The van der Waals surface area contributed by atoms with Crippen LogP contribution in [0.5, 0.6) is 5.75 Å². The molecule has 0 aliphatic heterocycles. The molecule has 0 saturated carbocycles. The average molecular weight is 182 g/mol. The highest BCUT2D eigenvalue weighted by atomic mass is 16.5. The Kier molecular flexibility index (Phi) is 2.82. The predicted octanol–water partition coefficient (Wildman–Crippen LogP) is 2.87. The second-order valence-electron chi connectivity index (χ2n) is 2.93. The Labute approximate surface area is 84.0 Å². The van der Waals surface area contributed by atoms with Crippen LogP contribution in [0, 0.1) is 12.1 Å². The van der Waals surface area contributed by atoms with Crippen LogP contribution in [0.3, 0.4) is 0 Å². The lowest BCUT2D eigenvalue weighted by molar-refractivity contribution is 0.305. The van der Waals surface area contributed by atoms with Gasteiger partial charge in [0, 0.05) is 6.07 Å². The van der Waals surface area contributed by atoms with Crippen LogP contribution in [-0.4, -0.2) is 0 Å². The summed E-state index contributed by atoms with van der Waals surface area (Å²) in [4.78, 5) is 0. The molecule has 1 heteroatoms. The molecule has 0 heterocycles. The van der Waals surface area contributed by atoms with Crippen LogP contribution in [0.1, 0.15) is 5.56 Å². The molecule has 2 aromatic carbocycles. The molecular formula is C13H10O. The van der Waals surface area contributed by atoms with E-state index in [0.29, 0.717) is 6.61 Å². The largest absolute Gasteiger partial charge is 0.488 e. The van der Waals surface area contributed by atoms with Crippen molar-refractivity contribution in [3.63, 3.8) is 0 Å². The molecule has 0 aliphatic rings. The first kappa shape index (κ1) is 8.82. The van der Waals surface area contributed by atoms with Crippen molar-refractivity contribution < 1.29 is 4.74 Å². The topological polar surface area (TPSA) is 9.23 Å². The summed E-state index contributed by atoms with van der Waals surface area (Å²) in [5, 5.41) is 0. The molecule has 0 atom stereocenters. The van der Waals surface area contributed by atoms with Gasteiger partial charge in [0.25, 0.3) is 0 Å². The van der Waals surface area contributed by atoms with Crippen LogP contribution in [0.2, 0.25) is 0 Å². The third-order valence-corrected chi connectivity index (χ3v) is 1.86. The fourth-order valence-corrected chi connectivity index (χ4v) is 1.16. The smallest absolute Gasteiger partial charge is 0.128 e. The van der Waals surface area contributed by atoms with Crippen molar-refractivity contribution in [3.8, 4) is 5.75 Å². The number of rotatable bonds is 3. The second-order valence-corrected chi connectivity index (χ2v) is 2.93. The van der Waals surface area contributed by atoms with Gasteiger partial charge in [0.05, 0.1) is 0 Å². The lowest BCUT2D eigenvalue weighted by Gasteiger charge is -2.04. The summed E-state index contributed by atoms with van der Waals surface area (Å²) in [6.07, 6.45) is 0. The van der Waals surface area contributed by atoms with E-state index in [1.54, 1.807) is 6.07 Å². The lowest BCUT2D eigenvalue weighted by atomic mass is 10.2. The number of benzene rings is 2. The molecule has 1 nitrogen and oxygen atoms in total. The molecule has 2 aromatic rings. The van der Waals surface area contributed by atoms with E-state index in [2.05, 4.69) is 12.1 Å².